The van der Waals surface area contributed by atoms with Crippen molar-refractivity contribution in [2.24, 2.45) is 0 Å². The minimum atomic E-state index is -0.780. The zero-order valence-electron chi connectivity index (χ0n) is 16.1. The molecule has 148 valence electrons. The first-order chi connectivity index (χ1) is 13.3. The summed E-state index contributed by atoms with van der Waals surface area (Å²) in [6.45, 7) is 3.47. The molecule has 2 rings (SSSR count). The number of carbonyl (C=O) groups is 3. The van der Waals surface area contributed by atoms with Crippen molar-refractivity contribution in [2.45, 2.75) is 20.4 Å². The Morgan fingerprint density at radius 3 is 2.50 bits per heavy atom. The van der Waals surface area contributed by atoms with Crippen molar-refractivity contribution in [3.8, 4) is 0 Å². The van der Waals surface area contributed by atoms with Gasteiger partial charge in [-0.15, -0.1) is 0 Å². The monoisotopic (exact) mass is 386 g/mol. The average molecular weight is 386 g/mol. The molecule has 0 unspecified atom stereocenters. The van der Waals surface area contributed by atoms with Gasteiger partial charge in [0.1, 0.15) is 12.4 Å². The fourth-order valence-electron chi connectivity index (χ4n) is 2.56. The van der Waals surface area contributed by atoms with Crippen LogP contribution in [0.15, 0.2) is 42.5 Å². The van der Waals surface area contributed by atoms with E-state index in [-0.39, 0.29) is 11.5 Å². The molecule has 2 aromatic rings. The summed E-state index contributed by atoms with van der Waals surface area (Å²) in [5, 5.41) is 2.27. The molecule has 0 saturated heterocycles. The molecule has 0 radical (unpaired) electrons. The molecule has 0 spiro atoms. The van der Waals surface area contributed by atoms with E-state index in [0.29, 0.717) is 6.54 Å². The van der Waals surface area contributed by atoms with E-state index in [1.54, 1.807) is 7.05 Å². The van der Waals surface area contributed by atoms with Crippen LogP contribution in [0.1, 0.15) is 27.0 Å². The maximum absolute atomic E-state index is 13.5. The number of benzene rings is 2. The summed E-state index contributed by atoms with van der Waals surface area (Å²) in [7, 11) is 1.62. The molecular weight excluding hydrogens is 363 g/mol. The van der Waals surface area contributed by atoms with Crippen molar-refractivity contribution in [1.29, 1.82) is 0 Å². The van der Waals surface area contributed by atoms with Gasteiger partial charge in [-0.1, -0.05) is 35.9 Å². The van der Waals surface area contributed by atoms with Crippen molar-refractivity contribution in [3.63, 3.8) is 0 Å². The minimum absolute atomic E-state index is 0.167. The molecule has 1 N–H and O–H groups in total. The molecule has 6 nitrogen and oxygen atoms in total. The number of halogens is 1. The summed E-state index contributed by atoms with van der Waals surface area (Å²) < 4.78 is 18.4. The van der Waals surface area contributed by atoms with Crippen LogP contribution in [0.25, 0.3) is 0 Å². The van der Waals surface area contributed by atoms with Gasteiger partial charge < -0.3 is 15.0 Å². The summed E-state index contributed by atoms with van der Waals surface area (Å²) in [5.74, 6) is -2.56. The highest BCUT2D eigenvalue weighted by Gasteiger charge is 2.15. The highest BCUT2D eigenvalue weighted by molar-refractivity contribution is 5.96. The summed E-state index contributed by atoms with van der Waals surface area (Å²) >= 11 is 0. The van der Waals surface area contributed by atoms with Crippen LogP contribution >= 0.6 is 0 Å². The van der Waals surface area contributed by atoms with E-state index < -0.39 is 30.8 Å². The highest BCUT2D eigenvalue weighted by atomic mass is 19.1. The van der Waals surface area contributed by atoms with Crippen molar-refractivity contribution >= 4 is 17.8 Å². The lowest BCUT2D eigenvalue weighted by atomic mass is 10.1. The number of nitrogens with zero attached hydrogens (tertiary/aromatic N) is 1. The first-order valence-electron chi connectivity index (χ1n) is 8.76. The number of nitrogens with one attached hydrogen (secondary N) is 1. The normalized spacial score (nSPS) is 10.3. The van der Waals surface area contributed by atoms with E-state index in [4.69, 9.17) is 4.74 Å². The molecule has 28 heavy (non-hydrogen) atoms. The second-order valence-electron chi connectivity index (χ2n) is 6.50. The number of hydrogen-bond acceptors (Lipinski definition) is 4. The topological polar surface area (TPSA) is 75.7 Å². The van der Waals surface area contributed by atoms with Crippen LogP contribution in [-0.4, -0.2) is 42.9 Å². The van der Waals surface area contributed by atoms with E-state index in [2.05, 4.69) is 5.32 Å². The van der Waals surface area contributed by atoms with Gasteiger partial charge in [0.05, 0.1) is 5.56 Å². The van der Waals surface area contributed by atoms with Crippen LogP contribution in [0.3, 0.4) is 0 Å². The van der Waals surface area contributed by atoms with Gasteiger partial charge in [-0.2, -0.15) is 0 Å². The Bertz CT molecular complexity index is 882. The summed E-state index contributed by atoms with van der Waals surface area (Å²) in [5.41, 5.74) is 3.05. The van der Waals surface area contributed by atoms with E-state index in [1.165, 1.54) is 23.1 Å². The van der Waals surface area contributed by atoms with E-state index in [9.17, 15) is 18.8 Å². The van der Waals surface area contributed by atoms with Crippen molar-refractivity contribution in [3.05, 3.63) is 70.5 Å². The van der Waals surface area contributed by atoms with Gasteiger partial charge in [0, 0.05) is 13.6 Å². The first-order valence-corrected chi connectivity index (χ1v) is 8.76. The fourth-order valence-corrected chi connectivity index (χ4v) is 2.56. The van der Waals surface area contributed by atoms with Crippen molar-refractivity contribution in [1.82, 2.24) is 10.2 Å². The lowest BCUT2D eigenvalue weighted by Crippen LogP contribution is -2.35. The van der Waals surface area contributed by atoms with Gasteiger partial charge in [-0.25, -0.2) is 4.39 Å². The van der Waals surface area contributed by atoms with Gasteiger partial charge in [0.2, 0.25) is 0 Å². The van der Waals surface area contributed by atoms with Gasteiger partial charge in [-0.05, 0) is 37.1 Å². The van der Waals surface area contributed by atoms with Crippen LogP contribution in [-0.2, 0) is 20.9 Å². The van der Waals surface area contributed by atoms with Crippen LogP contribution in [0.2, 0.25) is 0 Å². The van der Waals surface area contributed by atoms with E-state index in [0.717, 1.165) is 22.8 Å². The maximum atomic E-state index is 13.5. The fraction of sp³-hybridized carbons (Fsp3) is 0.286. The largest absolute Gasteiger partial charge is 0.454 e. The predicted octanol–water partition coefficient (Wildman–Crippen LogP) is 2.37. The molecule has 0 aliphatic rings. The van der Waals surface area contributed by atoms with Crippen LogP contribution in [0, 0.1) is 19.7 Å². The number of esters is 1. The summed E-state index contributed by atoms with van der Waals surface area (Å²) in [4.78, 5) is 37.2. The standard InChI is InChI=1S/C21H23FN2O4/c1-14-8-9-16(15(2)10-14)12-24(3)19(25)13-28-20(26)11-23-21(27)17-6-4-5-7-18(17)22/h4-10H,11-13H2,1-3H3,(H,23,27). The molecule has 0 aliphatic heterocycles. The molecule has 0 bridgehead atoms. The van der Waals surface area contributed by atoms with Gasteiger partial charge in [0.15, 0.2) is 6.61 Å². The number of rotatable bonds is 7. The van der Waals surface area contributed by atoms with Crippen LogP contribution in [0.5, 0.6) is 0 Å². The molecule has 0 fully saturated rings. The molecule has 2 aromatic carbocycles. The second-order valence-corrected chi connectivity index (χ2v) is 6.50. The van der Waals surface area contributed by atoms with Crippen LogP contribution < -0.4 is 5.32 Å². The van der Waals surface area contributed by atoms with Crippen LogP contribution in [0.4, 0.5) is 4.39 Å². The number of likely N-dealkylation sites (N-methyl/N-ethyl adjacent to an activating group) is 1. The van der Waals surface area contributed by atoms with Crippen molar-refractivity contribution in [2.75, 3.05) is 20.2 Å². The zero-order valence-corrected chi connectivity index (χ0v) is 16.1. The number of hydrogen-bond donors (Lipinski definition) is 1. The summed E-state index contributed by atoms with van der Waals surface area (Å²) in [6.07, 6.45) is 0. The smallest absolute Gasteiger partial charge is 0.325 e. The number of amides is 2. The second kappa shape index (κ2) is 9.64. The van der Waals surface area contributed by atoms with Gasteiger partial charge in [0.25, 0.3) is 11.8 Å². The lowest BCUT2D eigenvalue weighted by Gasteiger charge is -2.18. The zero-order chi connectivity index (χ0) is 20.7. The summed E-state index contributed by atoms with van der Waals surface area (Å²) in [6, 6.07) is 11.4. The lowest BCUT2D eigenvalue weighted by molar-refractivity contribution is -0.150. The van der Waals surface area contributed by atoms with E-state index in [1.807, 2.05) is 32.0 Å². The maximum Gasteiger partial charge on any atom is 0.325 e. The molecule has 2 amide bonds. The average Bonchev–Trinajstić information content (AvgIpc) is 2.66. The van der Waals surface area contributed by atoms with Gasteiger partial charge >= 0.3 is 5.97 Å². The molecule has 0 aliphatic carbocycles. The molecule has 0 saturated carbocycles. The Kier molecular flexibility index (Phi) is 7.26. The Labute approximate surface area is 163 Å². The molecule has 7 heteroatoms. The quantitative estimate of drug-likeness (QED) is 0.742. The predicted molar refractivity (Wildman–Crippen MR) is 102 cm³/mol. The minimum Gasteiger partial charge on any atom is -0.454 e. The third kappa shape index (κ3) is 5.90. The number of ether oxygens (including phenoxy) is 1. The first kappa shape index (κ1) is 21.1. The SMILES string of the molecule is Cc1ccc(CN(C)C(=O)COC(=O)CNC(=O)c2ccccc2F)c(C)c1. The Balaban J connectivity index is 1.77. The van der Waals surface area contributed by atoms with Crippen molar-refractivity contribution < 1.29 is 23.5 Å². The Morgan fingerprint density at radius 1 is 1.11 bits per heavy atom. The molecule has 0 atom stereocenters. The molecule has 0 aromatic heterocycles. The Hall–Kier alpha value is -3.22. The molecule has 0 heterocycles. The highest BCUT2D eigenvalue weighted by Crippen LogP contribution is 2.12. The third-order valence-electron chi connectivity index (χ3n) is 4.20. The Morgan fingerprint density at radius 2 is 1.82 bits per heavy atom. The van der Waals surface area contributed by atoms with E-state index >= 15 is 0 Å². The van der Waals surface area contributed by atoms with Gasteiger partial charge in [-0.3, -0.25) is 14.4 Å². The third-order valence-corrected chi connectivity index (χ3v) is 4.20. The number of aryl methyl sites for hydroxylation is 2. The number of carbonyl (C=O) groups excluding carboxylic acids is 3. The molecular formula is C21H23FN2O4.